The van der Waals surface area contributed by atoms with E-state index in [9.17, 15) is 0 Å². The minimum Gasteiger partial charge on any atom is -0.376 e. The Bertz CT molecular complexity index is 247. The molecule has 1 saturated carbocycles. The molecule has 4 atom stereocenters. The normalized spacial score (nSPS) is 40.2. The Labute approximate surface area is 112 Å². The Hall–Kier alpha value is -0.120. The van der Waals surface area contributed by atoms with Gasteiger partial charge in [0.2, 0.25) is 0 Å². The van der Waals surface area contributed by atoms with Gasteiger partial charge >= 0.3 is 0 Å². The van der Waals surface area contributed by atoms with Crippen LogP contribution in [0.3, 0.4) is 0 Å². The van der Waals surface area contributed by atoms with Crippen molar-refractivity contribution in [2.24, 2.45) is 0 Å². The monoisotopic (exact) mass is 254 g/mol. The van der Waals surface area contributed by atoms with Crippen molar-refractivity contribution in [1.82, 2.24) is 10.2 Å². The summed E-state index contributed by atoms with van der Waals surface area (Å²) in [7, 11) is 2.13. The summed E-state index contributed by atoms with van der Waals surface area (Å²) < 4.78 is 5.77. The third-order valence-electron chi connectivity index (χ3n) is 4.68. The van der Waals surface area contributed by atoms with Crippen LogP contribution in [0, 0.1) is 0 Å². The van der Waals surface area contributed by atoms with Crippen molar-refractivity contribution in [1.29, 1.82) is 0 Å². The third kappa shape index (κ3) is 3.46. The molecule has 0 spiro atoms. The molecule has 0 aromatic carbocycles. The molecule has 1 aliphatic heterocycles. The molecule has 2 aliphatic rings. The fourth-order valence-corrected chi connectivity index (χ4v) is 3.59. The summed E-state index contributed by atoms with van der Waals surface area (Å²) in [6.45, 7) is 6.52. The number of hydrogen-bond acceptors (Lipinski definition) is 3. The predicted octanol–water partition coefficient (Wildman–Crippen LogP) is 2.41. The maximum atomic E-state index is 5.77. The third-order valence-corrected chi connectivity index (χ3v) is 4.68. The molecule has 18 heavy (non-hydrogen) atoms. The summed E-state index contributed by atoms with van der Waals surface area (Å²) in [5, 5.41) is 3.57. The van der Waals surface area contributed by atoms with Crippen LogP contribution in [0.4, 0.5) is 0 Å². The van der Waals surface area contributed by atoms with Gasteiger partial charge in [-0.3, -0.25) is 4.90 Å². The van der Waals surface area contributed by atoms with E-state index in [1.165, 1.54) is 38.5 Å². The molecule has 1 N–H and O–H groups in total. The second-order valence-corrected chi connectivity index (χ2v) is 6.14. The zero-order valence-corrected chi connectivity index (χ0v) is 12.3. The van der Waals surface area contributed by atoms with Crippen LogP contribution in [0.5, 0.6) is 0 Å². The SMILES string of the molecule is CNC1CCCCCCC1N1CC(C)OCC1C. The van der Waals surface area contributed by atoms with Crippen LogP contribution in [0.25, 0.3) is 0 Å². The topological polar surface area (TPSA) is 24.5 Å². The average molecular weight is 254 g/mol. The van der Waals surface area contributed by atoms with Crippen molar-refractivity contribution < 1.29 is 4.74 Å². The summed E-state index contributed by atoms with van der Waals surface area (Å²) in [6, 6.07) is 1.94. The number of nitrogens with one attached hydrogen (secondary N) is 1. The second kappa shape index (κ2) is 6.88. The van der Waals surface area contributed by atoms with E-state index in [0.29, 0.717) is 24.2 Å². The predicted molar refractivity (Wildman–Crippen MR) is 75.9 cm³/mol. The molecular formula is C15H30N2O. The Morgan fingerprint density at radius 3 is 2.50 bits per heavy atom. The van der Waals surface area contributed by atoms with Crippen LogP contribution in [0.15, 0.2) is 0 Å². The van der Waals surface area contributed by atoms with Gasteiger partial charge < -0.3 is 10.1 Å². The van der Waals surface area contributed by atoms with Gasteiger partial charge in [-0.15, -0.1) is 0 Å². The van der Waals surface area contributed by atoms with Gasteiger partial charge in [0.25, 0.3) is 0 Å². The van der Waals surface area contributed by atoms with Gasteiger partial charge in [0.05, 0.1) is 12.7 Å². The summed E-state index contributed by atoms with van der Waals surface area (Å²) in [4.78, 5) is 2.71. The molecule has 2 fully saturated rings. The fourth-order valence-electron chi connectivity index (χ4n) is 3.59. The Morgan fingerprint density at radius 1 is 1.06 bits per heavy atom. The molecule has 0 radical (unpaired) electrons. The van der Waals surface area contributed by atoms with Crippen molar-refractivity contribution in [3.05, 3.63) is 0 Å². The van der Waals surface area contributed by atoms with Crippen molar-refractivity contribution in [3.8, 4) is 0 Å². The average Bonchev–Trinajstić information content (AvgIpc) is 2.33. The van der Waals surface area contributed by atoms with E-state index in [1.807, 2.05) is 0 Å². The van der Waals surface area contributed by atoms with E-state index in [0.717, 1.165) is 13.2 Å². The molecule has 1 heterocycles. The minimum atomic E-state index is 0.393. The number of likely N-dealkylation sites (N-methyl/N-ethyl adjacent to an activating group) is 1. The maximum absolute atomic E-state index is 5.77. The first-order valence-corrected chi connectivity index (χ1v) is 7.77. The van der Waals surface area contributed by atoms with Gasteiger partial charge in [0, 0.05) is 24.7 Å². The van der Waals surface area contributed by atoms with E-state index < -0.39 is 0 Å². The van der Waals surface area contributed by atoms with Crippen LogP contribution in [-0.4, -0.2) is 49.3 Å². The van der Waals surface area contributed by atoms with Gasteiger partial charge in [-0.2, -0.15) is 0 Å². The molecular weight excluding hydrogens is 224 g/mol. The number of hydrogen-bond donors (Lipinski definition) is 1. The standard InChI is InChI=1S/C15H30N2O/c1-12-11-18-13(2)10-17(12)15-9-7-5-4-6-8-14(15)16-3/h12-16H,4-11H2,1-3H3. The molecule has 0 amide bonds. The Morgan fingerprint density at radius 2 is 1.78 bits per heavy atom. The van der Waals surface area contributed by atoms with Crippen molar-refractivity contribution in [2.45, 2.75) is 76.6 Å². The van der Waals surface area contributed by atoms with Crippen LogP contribution in [-0.2, 0) is 4.74 Å². The van der Waals surface area contributed by atoms with Gasteiger partial charge in [0.15, 0.2) is 0 Å². The first-order valence-electron chi connectivity index (χ1n) is 7.77. The molecule has 1 aliphatic carbocycles. The van der Waals surface area contributed by atoms with Gasteiger partial charge in [-0.05, 0) is 33.7 Å². The molecule has 2 rings (SSSR count). The largest absolute Gasteiger partial charge is 0.376 e. The lowest BCUT2D eigenvalue weighted by Gasteiger charge is -2.45. The van der Waals surface area contributed by atoms with Gasteiger partial charge in [0.1, 0.15) is 0 Å². The van der Waals surface area contributed by atoms with Crippen molar-refractivity contribution in [3.63, 3.8) is 0 Å². The fraction of sp³-hybridized carbons (Fsp3) is 1.00. The lowest BCUT2D eigenvalue weighted by Crippen LogP contribution is -2.58. The molecule has 0 bridgehead atoms. The number of morpholine rings is 1. The van der Waals surface area contributed by atoms with E-state index >= 15 is 0 Å². The first kappa shape index (κ1) is 14.3. The van der Waals surface area contributed by atoms with E-state index in [-0.39, 0.29) is 0 Å². The molecule has 0 aromatic heterocycles. The number of ether oxygens (including phenoxy) is 1. The van der Waals surface area contributed by atoms with Crippen molar-refractivity contribution >= 4 is 0 Å². The summed E-state index contributed by atoms with van der Waals surface area (Å²) >= 11 is 0. The van der Waals surface area contributed by atoms with E-state index in [4.69, 9.17) is 4.74 Å². The summed E-state index contributed by atoms with van der Waals surface area (Å²) in [5.74, 6) is 0. The quantitative estimate of drug-likeness (QED) is 0.819. The van der Waals surface area contributed by atoms with Crippen LogP contribution in [0.2, 0.25) is 0 Å². The van der Waals surface area contributed by atoms with Gasteiger partial charge in [-0.1, -0.05) is 25.7 Å². The molecule has 3 heteroatoms. The lowest BCUT2D eigenvalue weighted by atomic mass is 9.90. The first-order chi connectivity index (χ1) is 8.72. The zero-order valence-electron chi connectivity index (χ0n) is 12.3. The maximum Gasteiger partial charge on any atom is 0.0674 e. The summed E-state index contributed by atoms with van der Waals surface area (Å²) in [6.07, 6.45) is 8.69. The molecule has 106 valence electrons. The molecule has 1 saturated heterocycles. The minimum absolute atomic E-state index is 0.393. The highest BCUT2D eigenvalue weighted by Gasteiger charge is 2.33. The highest BCUT2D eigenvalue weighted by Crippen LogP contribution is 2.25. The van der Waals surface area contributed by atoms with Crippen molar-refractivity contribution in [2.75, 3.05) is 20.2 Å². The smallest absolute Gasteiger partial charge is 0.0674 e. The van der Waals surface area contributed by atoms with Crippen LogP contribution in [0.1, 0.15) is 52.4 Å². The van der Waals surface area contributed by atoms with E-state index in [2.05, 4.69) is 31.1 Å². The molecule has 3 nitrogen and oxygen atoms in total. The number of nitrogens with zero attached hydrogens (tertiary/aromatic N) is 1. The molecule has 0 aromatic rings. The Kier molecular flexibility index (Phi) is 5.46. The van der Waals surface area contributed by atoms with Crippen LogP contribution < -0.4 is 5.32 Å². The zero-order chi connectivity index (χ0) is 13.0. The van der Waals surface area contributed by atoms with Crippen LogP contribution >= 0.6 is 0 Å². The van der Waals surface area contributed by atoms with E-state index in [1.54, 1.807) is 0 Å². The Balaban J connectivity index is 2.04. The van der Waals surface area contributed by atoms with Gasteiger partial charge in [-0.25, -0.2) is 0 Å². The highest BCUT2D eigenvalue weighted by molar-refractivity contribution is 4.90. The molecule has 4 unspecified atom stereocenters. The lowest BCUT2D eigenvalue weighted by molar-refractivity contribution is -0.0738. The summed E-state index contributed by atoms with van der Waals surface area (Å²) in [5.41, 5.74) is 0. The second-order valence-electron chi connectivity index (χ2n) is 6.14. The number of rotatable bonds is 2. The highest BCUT2D eigenvalue weighted by atomic mass is 16.5.